The number of amides is 2. The zero-order valence-electron chi connectivity index (χ0n) is 23.2. The van der Waals surface area contributed by atoms with E-state index < -0.39 is 28.5 Å². The summed E-state index contributed by atoms with van der Waals surface area (Å²) < 4.78 is 26.8. The molecule has 4 rings (SSSR count). The number of rotatable bonds is 11. The third-order valence-corrected chi connectivity index (χ3v) is 9.26. The molecule has 0 saturated heterocycles. The molecule has 1 aliphatic carbocycles. The van der Waals surface area contributed by atoms with Crippen molar-refractivity contribution in [1.82, 2.24) is 10.2 Å². The maximum atomic E-state index is 14.2. The zero-order valence-corrected chi connectivity index (χ0v) is 25.6. The molecule has 0 unspecified atom stereocenters. The molecule has 1 fully saturated rings. The number of hydrogen-bond donors (Lipinski definition) is 1. The number of nitrogens with one attached hydrogen (secondary N) is 1. The van der Waals surface area contributed by atoms with Crippen molar-refractivity contribution < 1.29 is 18.0 Å². The number of hydrogen-bond acceptors (Lipinski definition) is 4. The first-order chi connectivity index (χ1) is 19.5. The molecular formula is C31H35Cl2N3O4S. The highest BCUT2D eigenvalue weighted by molar-refractivity contribution is 7.92. The quantitative estimate of drug-likeness (QED) is 0.297. The van der Waals surface area contributed by atoms with E-state index in [0.29, 0.717) is 0 Å². The predicted octanol–water partition coefficient (Wildman–Crippen LogP) is 5.77. The van der Waals surface area contributed by atoms with Gasteiger partial charge in [-0.1, -0.05) is 102 Å². The fourth-order valence-corrected chi connectivity index (χ4v) is 6.39. The Morgan fingerprint density at radius 2 is 1.59 bits per heavy atom. The summed E-state index contributed by atoms with van der Waals surface area (Å²) in [6.07, 6.45) is 5.16. The van der Waals surface area contributed by atoms with Gasteiger partial charge < -0.3 is 10.2 Å². The molecule has 7 nitrogen and oxygen atoms in total. The van der Waals surface area contributed by atoms with Crippen molar-refractivity contribution in [3.63, 3.8) is 0 Å². The fraction of sp³-hybridized carbons (Fsp3) is 0.355. The van der Waals surface area contributed by atoms with Crippen LogP contribution in [-0.4, -0.2) is 50.0 Å². The summed E-state index contributed by atoms with van der Waals surface area (Å²) in [6, 6.07) is 21.0. The van der Waals surface area contributed by atoms with Crippen molar-refractivity contribution >= 4 is 50.7 Å². The molecule has 0 heterocycles. The van der Waals surface area contributed by atoms with Crippen LogP contribution in [0, 0.1) is 6.92 Å². The number of sulfonamides is 1. The number of aryl methyl sites for hydroxylation is 1. The van der Waals surface area contributed by atoms with Crippen LogP contribution in [0.25, 0.3) is 0 Å². The van der Waals surface area contributed by atoms with Crippen LogP contribution in [0.5, 0.6) is 0 Å². The summed E-state index contributed by atoms with van der Waals surface area (Å²) in [6.45, 7) is 1.54. The van der Waals surface area contributed by atoms with Gasteiger partial charge in [0.05, 0.1) is 22.0 Å². The lowest BCUT2D eigenvalue weighted by molar-refractivity contribution is -0.140. The Morgan fingerprint density at radius 3 is 2.22 bits per heavy atom. The molecule has 3 aromatic rings. The fourth-order valence-electron chi connectivity index (χ4n) is 5.09. The molecule has 3 aromatic carbocycles. The lowest BCUT2D eigenvalue weighted by Crippen LogP contribution is -2.54. The molecule has 41 heavy (non-hydrogen) atoms. The SMILES string of the molecule is Cc1ccc(CN(C(=O)CN(c2cccc(Cl)c2Cl)S(C)(=O)=O)[C@@H](Cc2ccccc2)C(=O)NC2CCCC2)cc1. The van der Waals surface area contributed by atoms with E-state index in [1.807, 2.05) is 61.5 Å². The van der Waals surface area contributed by atoms with Crippen LogP contribution >= 0.6 is 23.2 Å². The first-order valence-electron chi connectivity index (χ1n) is 13.6. The Kier molecular flexibility index (Phi) is 10.3. The monoisotopic (exact) mass is 615 g/mol. The molecular weight excluding hydrogens is 581 g/mol. The maximum absolute atomic E-state index is 14.2. The minimum absolute atomic E-state index is 0.0253. The summed E-state index contributed by atoms with van der Waals surface area (Å²) in [7, 11) is -3.95. The van der Waals surface area contributed by atoms with Crippen LogP contribution in [0.3, 0.4) is 0 Å². The van der Waals surface area contributed by atoms with Gasteiger partial charge in [-0.05, 0) is 43.0 Å². The van der Waals surface area contributed by atoms with Gasteiger partial charge >= 0.3 is 0 Å². The number of carbonyl (C=O) groups excluding carboxylic acids is 2. The van der Waals surface area contributed by atoms with Crippen LogP contribution in [0.1, 0.15) is 42.4 Å². The molecule has 1 aliphatic rings. The summed E-state index contributed by atoms with van der Waals surface area (Å²) in [5.74, 6) is -0.789. The van der Waals surface area contributed by atoms with Gasteiger partial charge in [0.25, 0.3) is 0 Å². The topological polar surface area (TPSA) is 86.8 Å². The minimum Gasteiger partial charge on any atom is -0.352 e. The van der Waals surface area contributed by atoms with Gasteiger partial charge in [-0.3, -0.25) is 13.9 Å². The van der Waals surface area contributed by atoms with Crippen molar-refractivity contribution in [2.24, 2.45) is 0 Å². The summed E-state index contributed by atoms with van der Waals surface area (Å²) in [5, 5.41) is 3.35. The lowest BCUT2D eigenvalue weighted by Gasteiger charge is -2.34. The highest BCUT2D eigenvalue weighted by Gasteiger charge is 2.34. The molecule has 218 valence electrons. The molecule has 1 saturated carbocycles. The normalized spacial score (nSPS) is 14.4. The van der Waals surface area contributed by atoms with Gasteiger partial charge in [-0.15, -0.1) is 0 Å². The van der Waals surface area contributed by atoms with E-state index in [4.69, 9.17) is 23.2 Å². The summed E-state index contributed by atoms with van der Waals surface area (Å²) >= 11 is 12.6. The highest BCUT2D eigenvalue weighted by Crippen LogP contribution is 2.34. The third-order valence-electron chi connectivity index (χ3n) is 7.33. The van der Waals surface area contributed by atoms with Crippen LogP contribution in [0.15, 0.2) is 72.8 Å². The van der Waals surface area contributed by atoms with Gasteiger partial charge in [0.15, 0.2) is 0 Å². The Labute approximate surface area is 252 Å². The van der Waals surface area contributed by atoms with E-state index >= 15 is 0 Å². The number of anilines is 1. The lowest BCUT2D eigenvalue weighted by atomic mass is 10.0. The molecule has 0 radical (unpaired) electrons. The summed E-state index contributed by atoms with van der Waals surface area (Å²) in [5.41, 5.74) is 2.87. The average Bonchev–Trinajstić information content (AvgIpc) is 3.45. The van der Waals surface area contributed by atoms with Crippen molar-refractivity contribution in [2.75, 3.05) is 17.1 Å². The van der Waals surface area contributed by atoms with E-state index in [9.17, 15) is 18.0 Å². The van der Waals surface area contributed by atoms with Crippen LogP contribution in [0.2, 0.25) is 10.0 Å². The summed E-state index contributed by atoms with van der Waals surface area (Å²) in [4.78, 5) is 29.5. The number of nitrogens with zero attached hydrogens (tertiary/aromatic N) is 2. The number of benzene rings is 3. The average molecular weight is 617 g/mol. The van der Waals surface area contributed by atoms with Gasteiger partial charge in [0.2, 0.25) is 21.8 Å². The predicted molar refractivity (Wildman–Crippen MR) is 165 cm³/mol. The zero-order chi connectivity index (χ0) is 29.6. The standard InChI is InChI=1S/C31H35Cl2N3O4S/c1-22-15-17-24(18-16-22)20-35(29(37)21-36(41(2,39)40)27-14-8-13-26(32)30(27)33)28(19-23-9-4-3-5-10-23)31(38)34-25-11-6-7-12-25/h3-5,8-10,13-18,25,28H,6-7,11-12,19-21H2,1-2H3,(H,34,38)/t28-/m0/s1. The van der Waals surface area contributed by atoms with E-state index in [-0.39, 0.29) is 40.6 Å². The first-order valence-corrected chi connectivity index (χ1v) is 16.2. The van der Waals surface area contributed by atoms with Crippen LogP contribution < -0.4 is 9.62 Å². The van der Waals surface area contributed by atoms with Crippen LogP contribution in [-0.2, 0) is 32.6 Å². The van der Waals surface area contributed by atoms with Gasteiger partial charge in [-0.25, -0.2) is 8.42 Å². The Hall–Kier alpha value is -3.07. The molecule has 0 spiro atoms. The second-order valence-electron chi connectivity index (χ2n) is 10.5. The molecule has 1 N–H and O–H groups in total. The van der Waals surface area contributed by atoms with Crippen molar-refractivity contribution in [2.45, 2.75) is 57.7 Å². The minimum atomic E-state index is -3.95. The van der Waals surface area contributed by atoms with E-state index in [2.05, 4.69) is 5.32 Å². The Balaban J connectivity index is 1.74. The van der Waals surface area contributed by atoms with Crippen LogP contribution in [0.4, 0.5) is 5.69 Å². The Bertz CT molecular complexity index is 1460. The van der Waals surface area contributed by atoms with Crippen molar-refractivity contribution in [3.05, 3.63) is 99.5 Å². The van der Waals surface area contributed by atoms with E-state index in [1.54, 1.807) is 12.1 Å². The smallest absolute Gasteiger partial charge is 0.244 e. The largest absolute Gasteiger partial charge is 0.352 e. The maximum Gasteiger partial charge on any atom is 0.244 e. The first kappa shape index (κ1) is 30.9. The van der Waals surface area contributed by atoms with Gasteiger partial charge in [0, 0.05) is 19.0 Å². The van der Waals surface area contributed by atoms with E-state index in [0.717, 1.165) is 52.9 Å². The van der Waals surface area contributed by atoms with Gasteiger partial charge in [0.1, 0.15) is 12.6 Å². The van der Waals surface area contributed by atoms with Crippen molar-refractivity contribution in [1.29, 1.82) is 0 Å². The third kappa shape index (κ3) is 8.24. The molecule has 0 aliphatic heterocycles. The van der Waals surface area contributed by atoms with Crippen molar-refractivity contribution in [3.8, 4) is 0 Å². The van der Waals surface area contributed by atoms with E-state index in [1.165, 1.54) is 11.0 Å². The highest BCUT2D eigenvalue weighted by atomic mass is 35.5. The molecule has 2 amide bonds. The van der Waals surface area contributed by atoms with Gasteiger partial charge in [-0.2, -0.15) is 0 Å². The molecule has 10 heteroatoms. The number of carbonyl (C=O) groups is 2. The second-order valence-corrected chi connectivity index (χ2v) is 13.2. The number of halogens is 2. The second kappa shape index (κ2) is 13.7. The molecule has 1 atom stereocenters. The molecule has 0 aromatic heterocycles. The Morgan fingerprint density at radius 1 is 0.927 bits per heavy atom. The molecule has 0 bridgehead atoms.